The Morgan fingerprint density at radius 1 is 1.25 bits per heavy atom. The second-order valence-corrected chi connectivity index (χ2v) is 7.97. The second-order valence-electron chi connectivity index (χ2n) is 7.61. The standard InChI is InChI=1S/C24H26ClN3O4/c1-16-22(23(25)28(27-16)18-7-4-3-5-8-18)24(29)26-14-17-10-11-20(21(13-17)30-2)32-15-19-9-6-12-31-19/h3-5,7-8,10-11,13,19H,6,9,12,14-15H2,1-2H3,(H,26,29). The minimum absolute atomic E-state index is 0.128. The molecule has 1 N–H and O–H groups in total. The van der Waals surface area contributed by atoms with Crippen molar-refractivity contribution >= 4 is 17.5 Å². The minimum Gasteiger partial charge on any atom is -0.493 e. The average Bonchev–Trinajstić information content (AvgIpc) is 3.44. The van der Waals surface area contributed by atoms with Crippen molar-refractivity contribution in [1.82, 2.24) is 15.1 Å². The van der Waals surface area contributed by atoms with Crippen molar-refractivity contribution in [3.05, 3.63) is 70.5 Å². The van der Waals surface area contributed by atoms with Gasteiger partial charge in [0.1, 0.15) is 11.8 Å². The molecule has 1 atom stereocenters. The Morgan fingerprint density at radius 3 is 2.78 bits per heavy atom. The number of hydrogen-bond acceptors (Lipinski definition) is 5. The molecule has 168 valence electrons. The number of nitrogens with zero attached hydrogens (tertiary/aromatic N) is 2. The summed E-state index contributed by atoms with van der Waals surface area (Å²) in [5, 5.41) is 7.62. The maximum Gasteiger partial charge on any atom is 0.256 e. The maximum atomic E-state index is 12.9. The van der Waals surface area contributed by atoms with Gasteiger partial charge in [0.25, 0.3) is 5.91 Å². The molecule has 1 aliphatic heterocycles. The summed E-state index contributed by atoms with van der Waals surface area (Å²) in [4.78, 5) is 12.9. The first kappa shape index (κ1) is 22.2. The normalized spacial score (nSPS) is 15.5. The maximum absolute atomic E-state index is 12.9. The van der Waals surface area contributed by atoms with Crippen LogP contribution in [0, 0.1) is 6.92 Å². The fraction of sp³-hybridized carbons (Fsp3) is 0.333. The molecule has 0 spiro atoms. The quantitative estimate of drug-likeness (QED) is 0.547. The Hall–Kier alpha value is -3.03. The van der Waals surface area contributed by atoms with Crippen LogP contribution in [-0.2, 0) is 11.3 Å². The topological polar surface area (TPSA) is 74.6 Å². The van der Waals surface area contributed by atoms with Gasteiger partial charge in [0.15, 0.2) is 11.5 Å². The molecule has 7 nitrogen and oxygen atoms in total. The van der Waals surface area contributed by atoms with Crippen molar-refractivity contribution in [2.75, 3.05) is 20.3 Å². The molecule has 1 amide bonds. The molecule has 1 aliphatic rings. The highest BCUT2D eigenvalue weighted by Crippen LogP contribution is 2.29. The molecule has 0 aliphatic carbocycles. The first-order valence-corrected chi connectivity index (χ1v) is 10.9. The van der Waals surface area contributed by atoms with Crippen molar-refractivity contribution in [2.24, 2.45) is 0 Å². The molecule has 1 fully saturated rings. The van der Waals surface area contributed by atoms with Crippen LogP contribution < -0.4 is 14.8 Å². The van der Waals surface area contributed by atoms with E-state index in [2.05, 4.69) is 10.4 Å². The van der Waals surface area contributed by atoms with E-state index in [-0.39, 0.29) is 17.2 Å². The summed E-state index contributed by atoms with van der Waals surface area (Å²) < 4.78 is 18.5. The van der Waals surface area contributed by atoms with Crippen molar-refractivity contribution in [3.63, 3.8) is 0 Å². The van der Waals surface area contributed by atoms with E-state index in [4.69, 9.17) is 25.8 Å². The van der Waals surface area contributed by atoms with E-state index in [1.165, 1.54) is 0 Å². The number of ether oxygens (including phenoxy) is 3. The van der Waals surface area contributed by atoms with Gasteiger partial charge in [-0.2, -0.15) is 5.10 Å². The fourth-order valence-electron chi connectivity index (χ4n) is 3.67. The van der Waals surface area contributed by atoms with Gasteiger partial charge in [-0.1, -0.05) is 35.9 Å². The smallest absolute Gasteiger partial charge is 0.256 e. The molecule has 3 aromatic rings. The lowest BCUT2D eigenvalue weighted by atomic mass is 10.2. The zero-order chi connectivity index (χ0) is 22.5. The number of benzene rings is 2. The van der Waals surface area contributed by atoms with Crippen molar-refractivity contribution in [2.45, 2.75) is 32.4 Å². The van der Waals surface area contributed by atoms with Crippen LogP contribution in [-0.4, -0.2) is 42.1 Å². The van der Waals surface area contributed by atoms with E-state index in [0.717, 1.165) is 30.7 Å². The lowest BCUT2D eigenvalue weighted by Crippen LogP contribution is -2.23. The summed E-state index contributed by atoms with van der Waals surface area (Å²) in [6.45, 7) is 3.37. The lowest BCUT2D eigenvalue weighted by molar-refractivity contribution is 0.0669. The number of aryl methyl sites for hydroxylation is 1. The highest BCUT2D eigenvalue weighted by atomic mass is 35.5. The Morgan fingerprint density at radius 2 is 2.06 bits per heavy atom. The van der Waals surface area contributed by atoms with Gasteiger partial charge in [-0.25, -0.2) is 4.68 Å². The summed E-state index contributed by atoms with van der Waals surface area (Å²) >= 11 is 6.49. The van der Waals surface area contributed by atoms with E-state index in [1.54, 1.807) is 18.7 Å². The summed E-state index contributed by atoms with van der Waals surface area (Å²) in [5.74, 6) is 0.981. The van der Waals surface area contributed by atoms with Gasteiger partial charge in [0.2, 0.25) is 0 Å². The molecule has 2 heterocycles. The molecule has 0 bridgehead atoms. The summed E-state index contributed by atoms with van der Waals surface area (Å²) in [7, 11) is 1.59. The van der Waals surface area contributed by atoms with Crippen molar-refractivity contribution < 1.29 is 19.0 Å². The van der Waals surface area contributed by atoms with E-state index in [1.807, 2.05) is 48.5 Å². The van der Waals surface area contributed by atoms with E-state index in [9.17, 15) is 4.79 Å². The molecule has 2 aromatic carbocycles. The van der Waals surface area contributed by atoms with Gasteiger partial charge < -0.3 is 19.5 Å². The van der Waals surface area contributed by atoms with Crippen molar-refractivity contribution in [3.8, 4) is 17.2 Å². The van der Waals surface area contributed by atoms with Crippen LogP contribution in [0.25, 0.3) is 5.69 Å². The van der Waals surface area contributed by atoms with E-state index < -0.39 is 0 Å². The van der Waals surface area contributed by atoms with Crippen molar-refractivity contribution in [1.29, 1.82) is 0 Å². The Bertz CT molecular complexity index is 1080. The fourth-order valence-corrected chi connectivity index (χ4v) is 4.03. The van der Waals surface area contributed by atoms with Crippen LogP contribution in [0.5, 0.6) is 11.5 Å². The average molecular weight is 456 g/mol. The van der Waals surface area contributed by atoms with Gasteiger partial charge >= 0.3 is 0 Å². The molecule has 1 unspecified atom stereocenters. The molecule has 4 rings (SSSR count). The minimum atomic E-state index is -0.285. The molecule has 0 radical (unpaired) electrons. The van der Waals surface area contributed by atoms with Gasteiger partial charge in [-0.3, -0.25) is 4.79 Å². The first-order chi connectivity index (χ1) is 15.6. The third-order valence-electron chi connectivity index (χ3n) is 5.36. The van der Waals surface area contributed by atoms with Crippen LogP contribution in [0.3, 0.4) is 0 Å². The highest BCUT2D eigenvalue weighted by molar-refractivity contribution is 6.33. The van der Waals surface area contributed by atoms with Gasteiger partial charge in [0, 0.05) is 13.2 Å². The molecule has 32 heavy (non-hydrogen) atoms. The lowest BCUT2D eigenvalue weighted by Gasteiger charge is -2.15. The molecule has 0 saturated carbocycles. The number of carbonyl (C=O) groups is 1. The third kappa shape index (κ3) is 4.89. The largest absolute Gasteiger partial charge is 0.493 e. The number of nitrogens with one attached hydrogen (secondary N) is 1. The van der Waals surface area contributed by atoms with Crippen LogP contribution in [0.4, 0.5) is 0 Å². The number of aromatic nitrogens is 2. The van der Waals surface area contributed by atoms with Crippen LogP contribution in [0.2, 0.25) is 5.15 Å². The Balaban J connectivity index is 1.42. The van der Waals surface area contributed by atoms with Gasteiger partial charge in [-0.15, -0.1) is 0 Å². The Labute approximate surface area is 192 Å². The molecule has 1 saturated heterocycles. The third-order valence-corrected chi connectivity index (χ3v) is 5.71. The summed E-state index contributed by atoms with van der Waals surface area (Å²) in [6.07, 6.45) is 2.20. The number of amides is 1. The number of carbonyl (C=O) groups excluding carboxylic acids is 1. The van der Waals surface area contributed by atoms with Crippen LogP contribution in [0.1, 0.15) is 34.5 Å². The second kappa shape index (κ2) is 10.1. The number of methoxy groups -OCH3 is 1. The molecule has 8 heteroatoms. The SMILES string of the molecule is COc1cc(CNC(=O)c2c(C)nn(-c3ccccc3)c2Cl)ccc1OCC1CCCO1. The van der Waals surface area contributed by atoms with Gasteiger partial charge in [-0.05, 0) is 49.6 Å². The zero-order valence-electron chi connectivity index (χ0n) is 18.1. The van der Waals surface area contributed by atoms with Gasteiger partial charge in [0.05, 0.1) is 30.2 Å². The monoisotopic (exact) mass is 455 g/mol. The van der Waals surface area contributed by atoms with E-state index >= 15 is 0 Å². The molecular formula is C24H26ClN3O4. The van der Waals surface area contributed by atoms with Crippen LogP contribution >= 0.6 is 11.6 Å². The molecular weight excluding hydrogens is 430 g/mol. The van der Waals surface area contributed by atoms with Crippen LogP contribution in [0.15, 0.2) is 48.5 Å². The predicted molar refractivity (Wildman–Crippen MR) is 122 cm³/mol. The van der Waals surface area contributed by atoms with E-state index in [0.29, 0.717) is 35.9 Å². The predicted octanol–water partition coefficient (Wildman–Crippen LogP) is 4.33. The highest BCUT2D eigenvalue weighted by Gasteiger charge is 2.21. The summed E-state index contributed by atoms with van der Waals surface area (Å²) in [5.41, 5.74) is 2.60. The Kier molecular flexibility index (Phi) is 6.97. The number of hydrogen-bond donors (Lipinski definition) is 1. The summed E-state index contributed by atoms with van der Waals surface area (Å²) in [6, 6.07) is 15.1. The zero-order valence-corrected chi connectivity index (χ0v) is 18.9. The number of rotatable bonds is 8. The first-order valence-electron chi connectivity index (χ1n) is 10.6. The molecule has 1 aromatic heterocycles. The number of halogens is 1. The number of para-hydroxylation sites is 1.